The van der Waals surface area contributed by atoms with E-state index in [1.165, 1.54) is 12.5 Å². The number of rotatable bonds is 5. The van der Waals surface area contributed by atoms with Gasteiger partial charge < -0.3 is 19.1 Å². The monoisotopic (exact) mass is 333 g/mol. The van der Waals surface area contributed by atoms with Crippen LogP contribution in [-0.4, -0.2) is 43.3 Å². The minimum Gasteiger partial charge on any atom is -0.456 e. The quantitative estimate of drug-likeness (QED) is 0.773. The van der Waals surface area contributed by atoms with E-state index in [4.69, 9.17) is 14.2 Å². The van der Waals surface area contributed by atoms with Crippen LogP contribution in [-0.2, 0) is 20.7 Å². The third kappa shape index (κ3) is 4.19. The van der Waals surface area contributed by atoms with Crippen LogP contribution < -0.4 is 9.47 Å². The third-order valence-corrected chi connectivity index (χ3v) is 4.64. The molecule has 0 N–H and O–H groups in total. The van der Waals surface area contributed by atoms with Gasteiger partial charge in [-0.25, -0.2) is 0 Å². The average Bonchev–Trinajstić information content (AvgIpc) is 3.06. The molecule has 6 nitrogen and oxygen atoms in total. The van der Waals surface area contributed by atoms with Crippen LogP contribution in [0.4, 0.5) is 0 Å². The molecule has 0 aliphatic carbocycles. The molecule has 2 aliphatic rings. The molecule has 3 rings (SSSR count). The van der Waals surface area contributed by atoms with Gasteiger partial charge in [-0.3, -0.25) is 9.59 Å². The average molecular weight is 333 g/mol. The van der Waals surface area contributed by atoms with Gasteiger partial charge in [0, 0.05) is 20.0 Å². The molecule has 1 aromatic rings. The van der Waals surface area contributed by atoms with E-state index in [0.717, 1.165) is 50.3 Å². The number of fused-ring (bicyclic) bond motifs is 1. The Morgan fingerprint density at radius 3 is 2.71 bits per heavy atom. The van der Waals surface area contributed by atoms with Gasteiger partial charge in [-0.05, 0) is 49.3 Å². The van der Waals surface area contributed by atoms with Crippen molar-refractivity contribution in [3.8, 4) is 11.5 Å². The largest absolute Gasteiger partial charge is 0.456 e. The van der Waals surface area contributed by atoms with Crippen molar-refractivity contribution < 1.29 is 23.8 Å². The lowest BCUT2D eigenvalue weighted by molar-refractivity contribution is -0.150. The van der Waals surface area contributed by atoms with Crippen molar-refractivity contribution in [2.24, 2.45) is 5.92 Å². The Balaban J connectivity index is 1.41. The number of piperidine rings is 1. The highest BCUT2D eigenvalue weighted by Crippen LogP contribution is 2.33. The Labute approximate surface area is 141 Å². The van der Waals surface area contributed by atoms with Crippen LogP contribution in [0.2, 0.25) is 0 Å². The second kappa shape index (κ2) is 7.55. The van der Waals surface area contributed by atoms with Crippen LogP contribution in [0.1, 0.15) is 31.7 Å². The fourth-order valence-corrected chi connectivity index (χ4v) is 3.19. The van der Waals surface area contributed by atoms with Gasteiger partial charge in [0.25, 0.3) is 5.91 Å². The summed E-state index contributed by atoms with van der Waals surface area (Å²) in [7, 11) is 0. The second-order valence-corrected chi connectivity index (χ2v) is 6.33. The second-order valence-electron chi connectivity index (χ2n) is 6.33. The van der Waals surface area contributed by atoms with E-state index in [1.807, 2.05) is 6.07 Å². The molecule has 6 heteroatoms. The zero-order chi connectivity index (χ0) is 16.9. The van der Waals surface area contributed by atoms with Crippen molar-refractivity contribution in [3.63, 3.8) is 0 Å². The molecule has 0 atom stereocenters. The summed E-state index contributed by atoms with van der Waals surface area (Å²) < 4.78 is 15.5. The van der Waals surface area contributed by atoms with Crippen LogP contribution in [0, 0.1) is 5.92 Å². The summed E-state index contributed by atoms with van der Waals surface area (Å²) in [5, 5.41) is 0. The molecule has 0 aromatic heterocycles. The van der Waals surface area contributed by atoms with E-state index in [-0.39, 0.29) is 12.5 Å². The number of carbonyl (C=O) groups is 2. The zero-order valence-electron chi connectivity index (χ0n) is 14.0. The van der Waals surface area contributed by atoms with E-state index in [1.54, 1.807) is 4.90 Å². The van der Waals surface area contributed by atoms with E-state index in [0.29, 0.717) is 12.7 Å². The Kier molecular flexibility index (Phi) is 5.23. The smallest absolute Gasteiger partial charge is 0.303 e. The number of hydrogen-bond acceptors (Lipinski definition) is 5. The van der Waals surface area contributed by atoms with Crippen molar-refractivity contribution in [1.82, 2.24) is 4.90 Å². The van der Waals surface area contributed by atoms with Gasteiger partial charge in [0.1, 0.15) is 0 Å². The number of hydrogen-bond donors (Lipinski definition) is 0. The van der Waals surface area contributed by atoms with Gasteiger partial charge in [-0.2, -0.15) is 0 Å². The lowest BCUT2D eigenvalue weighted by Gasteiger charge is -2.32. The SMILES string of the molecule is CC(=O)OCC(=O)N1CCC(CCc2ccc3c(c2)OCO3)CC1. The first-order valence-corrected chi connectivity index (χ1v) is 8.41. The molecule has 1 saturated heterocycles. The highest BCUT2D eigenvalue weighted by atomic mass is 16.7. The first-order valence-electron chi connectivity index (χ1n) is 8.41. The van der Waals surface area contributed by atoms with Crippen molar-refractivity contribution >= 4 is 11.9 Å². The fourth-order valence-electron chi connectivity index (χ4n) is 3.19. The lowest BCUT2D eigenvalue weighted by atomic mass is 9.90. The van der Waals surface area contributed by atoms with E-state index in [2.05, 4.69) is 12.1 Å². The normalized spacial score (nSPS) is 17.0. The van der Waals surface area contributed by atoms with Crippen LogP contribution in [0.25, 0.3) is 0 Å². The predicted molar refractivity (Wildman–Crippen MR) is 86.8 cm³/mol. The van der Waals surface area contributed by atoms with Gasteiger partial charge in [-0.15, -0.1) is 0 Å². The summed E-state index contributed by atoms with van der Waals surface area (Å²) in [6, 6.07) is 6.11. The van der Waals surface area contributed by atoms with Gasteiger partial charge in [-0.1, -0.05) is 6.07 Å². The zero-order valence-corrected chi connectivity index (χ0v) is 14.0. The first-order chi connectivity index (χ1) is 11.6. The molecule has 24 heavy (non-hydrogen) atoms. The number of likely N-dealkylation sites (tertiary alicyclic amines) is 1. The number of nitrogens with zero attached hydrogens (tertiary/aromatic N) is 1. The molecule has 2 heterocycles. The molecule has 1 aromatic carbocycles. The van der Waals surface area contributed by atoms with Crippen molar-refractivity contribution in [1.29, 1.82) is 0 Å². The van der Waals surface area contributed by atoms with E-state index < -0.39 is 5.97 Å². The summed E-state index contributed by atoms with van der Waals surface area (Å²) in [5.74, 6) is 1.76. The molecular formula is C18H23NO5. The molecule has 0 unspecified atom stereocenters. The maximum atomic E-state index is 11.9. The Morgan fingerprint density at radius 1 is 1.21 bits per heavy atom. The molecule has 2 aliphatic heterocycles. The Bertz CT molecular complexity index is 607. The van der Waals surface area contributed by atoms with Crippen LogP contribution in [0.15, 0.2) is 18.2 Å². The van der Waals surface area contributed by atoms with E-state index in [9.17, 15) is 9.59 Å². The van der Waals surface area contributed by atoms with Gasteiger partial charge in [0.15, 0.2) is 18.1 Å². The summed E-state index contributed by atoms with van der Waals surface area (Å²) >= 11 is 0. The predicted octanol–water partition coefficient (Wildman–Crippen LogP) is 2.15. The topological polar surface area (TPSA) is 65.1 Å². The van der Waals surface area contributed by atoms with Crippen LogP contribution in [0.3, 0.4) is 0 Å². The number of amides is 1. The van der Waals surface area contributed by atoms with Gasteiger partial charge >= 0.3 is 5.97 Å². The van der Waals surface area contributed by atoms with E-state index >= 15 is 0 Å². The maximum absolute atomic E-state index is 11.9. The molecule has 0 bridgehead atoms. The number of benzene rings is 1. The van der Waals surface area contributed by atoms with Crippen molar-refractivity contribution in [2.75, 3.05) is 26.5 Å². The number of esters is 1. The minimum atomic E-state index is -0.415. The Hall–Kier alpha value is -2.24. The standard InChI is InChI=1S/C18H23NO5/c1-13(20)22-11-18(21)19-8-6-14(7-9-19)2-3-15-4-5-16-17(10-15)24-12-23-16/h4-5,10,14H,2-3,6-9,11-12H2,1H3. The van der Waals surface area contributed by atoms with Crippen LogP contribution >= 0.6 is 0 Å². The maximum Gasteiger partial charge on any atom is 0.303 e. The molecular weight excluding hydrogens is 310 g/mol. The van der Waals surface area contributed by atoms with Crippen LogP contribution in [0.5, 0.6) is 11.5 Å². The van der Waals surface area contributed by atoms with Crippen molar-refractivity contribution in [3.05, 3.63) is 23.8 Å². The molecule has 0 spiro atoms. The number of ether oxygens (including phenoxy) is 3. The molecule has 130 valence electrons. The molecule has 1 amide bonds. The van der Waals surface area contributed by atoms with Gasteiger partial charge in [0.2, 0.25) is 6.79 Å². The Morgan fingerprint density at radius 2 is 1.96 bits per heavy atom. The summed E-state index contributed by atoms with van der Waals surface area (Å²) in [5.41, 5.74) is 1.26. The summed E-state index contributed by atoms with van der Waals surface area (Å²) in [6.07, 6.45) is 4.10. The summed E-state index contributed by atoms with van der Waals surface area (Å²) in [4.78, 5) is 24.5. The van der Waals surface area contributed by atoms with Gasteiger partial charge in [0.05, 0.1) is 0 Å². The van der Waals surface area contributed by atoms with Crippen molar-refractivity contribution in [2.45, 2.75) is 32.6 Å². The molecule has 1 fully saturated rings. The lowest BCUT2D eigenvalue weighted by Crippen LogP contribution is -2.40. The molecule has 0 saturated carbocycles. The fraction of sp³-hybridized carbons (Fsp3) is 0.556. The molecule has 0 radical (unpaired) electrons. The first kappa shape index (κ1) is 16.6. The number of aryl methyl sites for hydroxylation is 1. The highest BCUT2D eigenvalue weighted by Gasteiger charge is 2.23. The summed E-state index contributed by atoms with van der Waals surface area (Å²) in [6.45, 7) is 2.96. The minimum absolute atomic E-state index is 0.0978. The third-order valence-electron chi connectivity index (χ3n) is 4.64. The number of carbonyl (C=O) groups excluding carboxylic acids is 2. The highest BCUT2D eigenvalue weighted by molar-refractivity contribution is 5.80.